The summed E-state index contributed by atoms with van der Waals surface area (Å²) in [6.07, 6.45) is 7.36. The van der Waals surface area contributed by atoms with Crippen molar-refractivity contribution in [2.24, 2.45) is 11.8 Å². The Hall–Kier alpha value is -0.0800. The first-order valence-corrected chi connectivity index (χ1v) is 7.09. The number of likely N-dealkylation sites (tertiary alicyclic amines) is 1. The molecule has 0 spiro atoms. The first-order chi connectivity index (χ1) is 7.66. The molecular weight excluding hydrogens is 198 g/mol. The fourth-order valence-corrected chi connectivity index (χ4v) is 3.68. The lowest BCUT2D eigenvalue weighted by Gasteiger charge is -2.41. The van der Waals surface area contributed by atoms with Gasteiger partial charge in [0.25, 0.3) is 0 Å². The molecule has 4 unspecified atom stereocenters. The molecule has 2 rings (SSSR count). The summed E-state index contributed by atoms with van der Waals surface area (Å²) in [6, 6.07) is 0.452. The molecule has 4 atom stereocenters. The molecule has 2 fully saturated rings. The van der Waals surface area contributed by atoms with Gasteiger partial charge >= 0.3 is 0 Å². The van der Waals surface area contributed by atoms with Crippen LogP contribution in [0.5, 0.6) is 0 Å². The summed E-state index contributed by atoms with van der Waals surface area (Å²) in [7, 11) is 0. The molecule has 0 amide bonds. The molecule has 0 bridgehead atoms. The maximum atomic E-state index is 10.2. The van der Waals surface area contributed by atoms with E-state index in [0.29, 0.717) is 6.04 Å². The van der Waals surface area contributed by atoms with Crippen molar-refractivity contribution in [3.8, 4) is 0 Å². The van der Waals surface area contributed by atoms with Crippen LogP contribution in [0.3, 0.4) is 0 Å². The zero-order chi connectivity index (χ0) is 11.5. The molecule has 1 saturated carbocycles. The molecule has 0 aromatic heterocycles. The molecule has 0 aromatic rings. The Morgan fingerprint density at radius 2 is 1.56 bits per heavy atom. The molecule has 1 N–H and O–H groups in total. The molecule has 1 saturated heterocycles. The van der Waals surface area contributed by atoms with Crippen LogP contribution in [0.4, 0.5) is 0 Å². The van der Waals surface area contributed by atoms with E-state index in [0.717, 1.165) is 18.3 Å². The highest BCUT2D eigenvalue weighted by Gasteiger charge is 2.31. The fraction of sp³-hybridized carbons (Fsp3) is 1.00. The third-order valence-corrected chi connectivity index (χ3v) is 4.31. The summed E-state index contributed by atoms with van der Waals surface area (Å²) in [5.74, 6) is 1.61. The minimum absolute atomic E-state index is 0.0694. The van der Waals surface area contributed by atoms with Crippen molar-refractivity contribution in [2.75, 3.05) is 13.1 Å². The molecule has 1 aliphatic heterocycles. The van der Waals surface area contributed by atoms with Crippen LogP contribution in [-0.4, -0.2) is 35.2 Å². The highest BCUT2D eigenvalue weighted by molar-refractivity contribution is 4.86. The number of hydrogen-bond acceptors (Lipinski definition) is 2. The van der Waals surface area contributed by atoms with Gasteiger partial charge in [-0.05, 0) is 31.1 Å². The standard InChI is InChI=1S/C14H27NO/c1-11-8-12(2)10-15(9-11)13-6-4-3-5-7-14(13)16/h11-14,16H,3-10H2,1-2H3. The van der Waals surface area contributed by atoms with Crippen LogP contribution >= 0.6 is 0 Å². The number of nitrogens with zero attached hydrogens (tertiary/aromatic N) is 1. The minimum Gasteiger partial charge on any atom is -0.391 e. The highest BCUT2D eigenvalue weighted by Crippen LogP contribution is 2.28. The zero-order valence-corrected chi connectivity index (χ0v) is 10.9. The first kappa shape index (κ1) is 12.4. The van der Waals surface area contributed by atoms with Crippen LogP contribution in [0.2, 0.25) is 0 Å². The maximum absolute atomic E-state index is 10.2. The second-order valence-corrected chi connectivity index (χ2v) is 6.17. The first-order valence-electron chi connectivity index (χ1n) is 7.09. The van der Waals surface area contributed by atoms with Crippen molar-refractivity contribution in [1.29, 1.82) is 0 Å². The summed E-state index contributed by atoms with van der Waals surface area (Å²) < 4.78 is 0. The van der Waals surface area contributed by atoms with Crippen molar-refractivity contribution in [1.82, 2.24) is 4.90 Å². The smallest absolute Gasteiger partial charge is 0.0695 e. The van der Waals surface area contributed by atoms with Crippen LogP contribution in [0.1, 0.15) is 52.4 Å². The van der Waals surface area contributed by atoms with Crippen molar-refractivity contribution in [2.45, 2.75) is 64.5 Å². The van der Waals surface area contributed by atoms with E-state index in [9.17, 15) is 5.11 Å². The predicted molar refractivity (Wildman–Crippen MR) is 67.4 cm³/mol. The van der Waals surface area contributed by atoms with Gasteiger partial charge in [0.1, 0.15) is 0 Å². The van der Waals surface area contributed by atoms with E-state index in [4.69, 9.17) is 0 Å². The Kier molecular flexibility index (Phi) is 4.26. The fourth-order valence-electron chi connectivity index (χ4n) is 3.68. The van der Waals surface area contributed by atoms with E-state index in [1.165, 1.54) is 45.2 Å². The quantitative estimate of drug-likeness (QED) is 0.694. The topological polar surface area (TPSA) is 23.5 Å². The van der Waals surface area contributed by atoms with Gasteiger partial charge < -0.3 is 5.11 Å². The molecule has 2 nitrogen and oxygen atoms in total. The molecule has 16 heavy (non-hydrogen) atoms. The van der Waals surface area contributed by atoms with Gasteiger partial charge in [-0.15, -0.1) is 0 Å². The number of rotatable bonds is 1. The van der Waals surface area contributed by atoms with Gasteiger partial charge in [0.2, 0.25) is 0 Å². The van der Waals surface area contributed by atoms with E-state index >= 15 is 0 Å². The molecular formula is C14H27NO. The Morgan fingerprint density at radius 1 is 0.938 bits per heavy atom. The van der Waals surface area contributed by atoms with Gasteiger partial charge in [0.05, 0.1) is 6.10 Å². The number of aliphatic hydroxyl groups excluding tert-OH is 1. The Balaban J connectivity index is 1.98. The molecule has 2 aliphatic rings. The predicted octanol–water partition coefficient (Wildman–Crippen LogP) is 2.66. The van der Waals surface area contributed by atoms with Crippen LogP contribution < -0.4 is 0 Å². The van der Waals surface area contributed by atoms with Crippen molar-refractivity contribution < 1.29 is 5.11 Å². The van der Waals surface area contributed by atoms with E-state index in [1.807, 2.05) is 0 Å². The Labute approximate surface area is 100 Å². The summed E-state index contributed by atoms with van der Waals surface area (Å²) in [4.78, 5) is 2.58. The van der Waals surface area contributed by atoms with Crippen LogP contribution in [0.15, 0.2) is 0 Å². The highest BCUT2D eigenvalue weighted by atomic mass is 16.3. The molecule has 94 valence electrons. The van der Waals surface area contributed by atoms with Gasteiger partial charge in [-0.1, -0.05) is 33.1 Å². The summed E-state index contributed by atoms with van der Waals surface area (Å²) in [6.45, 7) is 7.11. The number of hydrogen-bond donors (Lipinski definition) is 1. The van der Waals surface area contributed by atoms with Gasteiger partial charge in [0, 0.05) is 19.1 Å². The molecule has 1 heterocycles. The Morgan fingerprint density at radius 3 is 2.25 bits per heavy atom. The third kappa shape index (κ3) is 2.98. The van der Waals surface area contributed by atoms with Gasteiger partial charge in [-0.25, -0.2) is 0 Å². The normalized spacial score (nSPS) is 42.9. The van der Waals surface area contributed by atoms with Crippen molar-refractivity contribution >= 4 is 0 Å². The van der Waals surface area contributed by atoms with Gasteiger partial charge in [0.15, 0.2) is 0 Å². The van der Waals surface area contributed by atoms with Gasteiger partial charge in [-0.3, -0.25) is 4.90 Å². The average molecular weight is 225 g/mol. The van der Waals surface area contributed by atoms with E-state index in [1.54, 1.807) is 0 Å². The van der Waals surface area contributed by atoms with Crippen molar-refractivity contribution in [3.05, 3.63) is 0 Å². The number of aliphatic hydroxyl groups is 1. The van der Waals surface area contributed by atoms with Gasteiger partial charge in [-0.2, -0.15) is 0 Å². The molecule has 1 aliphatic carbocycles. The van der Waals surface area contributed by atoms with Crippen LogP contribution in [-0.2, 0) is 0 Å². The largest absolute Gasteiger partial charge is 0.391 e. The maximum Gasteiger partial charge on any atom is 0.0695 e. The Bertz CT molecular complexity index is 209. The van der Waals surface area contributed by atoms with Crippen molar-refractivity contribution in [3.63, 3.8) is 0 Å². The lowest BCUT2D eigenvalue weighted by molar-refractivity contribution is 0.00980. The van der Waals surface area contributed by atoms with Crippen LogP contribution in [0.25, 0.3) is 0 Å². The third-order valence-electron chi connectivity index (χ3n) is 4.31. The zero-order valence-electron chi connectivity index (χ0n) is 10.9. The number of piperidine rings is 1. The monoisotopic (exact) mass is 225 g/mol. The molecule has 2 heteroatoms. The summed E-state index contributed by atoms with van der Waals surface area (Å²) in [5, 5.41) is 10.2. The lowest BCUT2D eigenvalue weighted by Crippen LogP contribution is -2.49. The second kappa shape index (κ2) is 5.50. The van der Waals surface area contributed by atoms with E-state index in [2.05, 4.69) is 18.7 Å². The SMILES string of the molecule is CC1CC(C)CN(C2CCCCCC2O)C1. The summed E-state index contributed by atoms with van der Waals surface area (Å²) in [5.41, 5.74) is 0. The second-order valence-electron chi connectivity index (χ2n) is 6.17. The van der Waals surface area contributed by atoms with Crippen LogP contribution in [0, 0.1) is 11.8 Å². The van der Waals surface area contributed by atoms with E-state index in [-0.39, 0.29) is 6.10 Å². The molecule has 0 aromatic carbocycles. The lowest BCUT2D eigenvalue weighted by atomic mass is 9.89. The minimum atomic E-state index is -0.0694. The molecule has 0 radical (unpaired) electrons. The summed E-state index contributed by atoms with van der Waals surface area (Å²) >= 11 is 0. The van der Waals surface area contributed by atoms with E-state index < -0.39 is 0 Å². The average Bonchev–Trinajstić information content (AvgIpc) is 2.41.